The van der Waals surface area contributed by atoms with Crippen LogP contribution in [0.15, 0.2) is 36.5 Å². The standard InChI is InChI=1S/C16H23N5/c1-13-7-8-20(16(9-13)10-17)12-14-11-18-21(19-14)15-5-3-2-4-6-15/h2-6,11,13,16H,7-10,12,17H2,1H3. The number of nitrogens with zero attached hydrogens (tertiary/aromatic N) is 4. The van der Waals surface area contributed by atoms with E-state index in [1.807, 2.05) is 36.5 Å². The molecule has 0 radical (unpaired) electrons. The van der Waals surface area contributed by atoms with Gasteiger partial charge in [0, 0.05) is 19.1 Å². The number of hydrogen-bond donors (Lipinski definition) is 1. The maximum absolute atomic E-state index is 5.92. The third-order valence-corrected chi connectivity index (χ3v) is 4.26. The van der Waals surface area contributed by atoms with Crippen LogP contribution in [0.3, 0.4) is 0 Å². The van der Waals surface area contributed by atoms with Crippen molar-refractivity contribution in [3.05, 3.63) is 42.2 Å². The van der Waals surface area contributed by atoms with Gasteiger partial charge in [0.15, 0.2) is 0 Å². The fraction of sp³-hybridized carbons (Fsp3) is 0.500. The first-order valence-electron chi connectivity index (χ1n) is 7.67. The summed E-state index contributed by atoms with van der Waals surface area (Å²) in [5, 5.41) is 8.95. The highest BCUT2D eigenvalue weighted by molar-refractivity contribution is 5.28. The first-order valence-corrected chi connectivity index (χ1v) is 7.67. The van der Waals surface area contributed by atoms with Crippen molar-refractivity contribution in [2.45, 2.75) is 32.4 Å². The van der Waals surface area contributed by atoms with Crippen LogP contribution in [0.4, 0.5) is 0 Å². The molecule has 5 heteroatoms. The Bertz CT molecular complexity index is 565. The van der Waals surface area contributed by atoms with Gasteiger partial charge in [-0.15, -0.1) is 0 Å². The Morgan fingerprint density at radius 2 is 2.10 bits per heavy atom. The second kappa shape index (κ2) is 6.37. The van der Waals surface area contributed by atoms with Crippen LogP contribution < -0.4 is 5.73 Å². The molecule has 2 heterocycles. The second-order valence-corrected chi connectivity index (χ2v) is 5.95. The molecule has 0 saturated carbocycles. The Balaban J connectivity index is 1.69. The molecule has 0 aliphatic carbocycles. The van der Waals surface area contributed by atoms with Crippen LogP contribution in [0, 0.1) is 5.92 Å². The smallest absolute Gasteiger partial charge is 0.0971 e. The van der Waals surface area contributed by atoms with E-state index in [0.29, 0.717) is 6.04 Å². The van der Waals surface area contributed by atoms with Gasteiger partial charge in [-0.3, -0.25) is 4.90 Å². The van der Waals surface area contributed by atoms with Crippen molar-refractivity contribution in [3.63, 3.8) is 0 Å². The van der Waals surface area contributed by atoms with E-state index in [4.69, 9.17) is 5.73 Å². The predicted molar refractivity (Wildman–Crippen MR) is 83.0 cm³/mol. The average Bonchev–Trinajstić information content (AvgIpc) is 2.98. The van der Waals surface area contributed by atoms with Crippen molar-refractivity contribution < 1.29 is 0 Å². The molecule has 0 spiro atoms. The zero-order valence-corrected chi connectivity index (χ0v) is 12.5. The fourth-order valence-corrected chi connectivity index (χ4v) is 3.01. The van der Waals surface area contributed by atoms with Gasteiger partial charge >= 0.3 is 0 Å². The monoisotopic (exact) mass is 285 g/mol. The molecule has 2 aromatic rings. The number of hydrogen-bond acceptors (Lipinski definition) is 4. The summed E-state index contributed by atoms with van der Waals surface area (Å²) in [7, 11) is 0. The van der Waals surface area contributed by atoms with Gasteiger partial charge in [-0.25, -0.2) is 0 Å². The Kier molecular flexibility index (Phi) is 4.31. The maximum atomic E-state index is 5.92. The molecule has 1 fully saturated rings. The summed E-state index contributed by atoms with van der Waals surface area (Å²) in [6.45, 7) is 4.96. The summed E-state index contributed by atoms with van der Waals surface area (Å²) < 4.78 is 0. The molecule has 1 aliphatic rings. The zero-order chi connectivity index (χ0) is 14.7. The van der Waals surface area contributed by atoms with Crippen LogP contribution in [0.2, 0.25) is 0 Å². The van der Waals surface area contributed by atoms with Crippen LogP contribution in [0.5, 0.6) is 0 Å². The molecule has 21 heavy (non-hydrogen) atoms. The van der Waals surface area contributed by atoms with Crippen molar-refractivity contribution in [2.75, 3.05) is 13.1 Å². The van der Waals surface area contributed by atoms with E-state index in [0.717, 1.165) is 36.9 Å². The van der Waals surface area contributed by atoms with Crippen LogP contribution >= 0.6 is 0 Å². The van der Waals surface area contributed by atoms with Gasteiger partial charge < -0.3 is 5.73 Å². The lowest BCUT2D eigenvalue weighted by Gasteiger charge is -2.37. The molecule has 1 aliphatic heterocycles. The van der Waals surface area contributed by atoms with Gasteiger partial charge in [-0.05, 0) is 37.4 Å². The van der Waals surface area contributed by atoms with Gasteiger partial charge in [0.25, 0.3) is 0 Å². The molecule has 112 valence electrons. The van der Waals surface area contributed by atoms with Gasteiger partial charge in [0.1, 0.15) is 0 Å². The molecule has 2 atom stereocenters. The lowest BCUT2D eigenvalue weighted by atomic mass is 9.92. The zero-order valence-electron chi connectivity index (χ0n) is 12.5. The number of nitrogens with two attached hydrogens (primary N) is 1. The number of benzene rings is 1. The van der Waals surface area contributed by atoms with Gasteiger partial charge in [-0.2, -0.15) is 15.0 Å². The number of aromatic nitrogens is 3. The molecule has 1 saturated heterocycles. The lowest BCUT2D eigenvalue weighted by Crippen LogP contribution is -2.45. The number of para-hydroxylation sites is 1. The van der Waals surface area contributed by atoms with E-state index in [-0.39, 0.29) is 0 Å². The van der Waals surface area contributed by atoms with Crippen molar-refractivity contribution in [2.24, 2.45) is 11.7 Å². The van der Waals surface area contributed by atoms with Crippen molar-refractivity contribution in [1.82, 2.24) is 19.9 Å². The van der Waals surface area contributed by atoms with Gasteiger partial charge in [0.05, 0.1) is 17.6 Å². The highest BCUT2D eigenvalue weighted by atomic mass is 15.5. The number of rotatable bonds is 4. The highest BCUT2D eigenvalue weighted by Gasteiger charge is 2.25. The molecular formula is C16H23N5. The third-order valence-electron chi connectivity index (χ3n) is 4.26. The maximum Gasteiger partial charge on any atom is 0.0971 e. The van der Waals surface area contributed by atoms with Crippen molar-refractivity contribution >= 4 is 0 Å². The molecule has 2 unspecified atom stereocenters. The second-order valence-electron chi connectivity index (χ2n) is 5.95. The van der Waals surface area contributed by atoms with Crippen molar-refractivity contribution in [3.8, 4) is 5.69 Å². The van der Waals surface area contributed by atoms with Gasteiger partial charge in [-0.1, -0.05) is 25.1 Å². The van der Waals surface area contributed by atoms with Crippen LogP contribution in [-0.2, 0) is 6.54 Å². The lowest BCUT2D eigenvalue weighted by molar-refractivity contribution is 0.113. The van der Waals surface area contributed by atoms with Crippen LogP contribution in [0.25, 0.3) is 5.69 Å². The summed E-state index contributed by atoms with van der Waals surface area (Å²) >= 11 is 0. The van der Waals surface area contributed by atoms with E-state index in [1.165, 1.54) is 12.8 Å². The summed E-state index contributed by atoms with van der Waals surface area (Å²) in [5.74, 6) is 0.773. The average molecular weight is 285 g/mol. The largest absolute Gasteiger partial charge is 0.329 e. The summed E-state index contributed by atoms with van der Waals surface area (Å²) in [6, 6.07) is 10.5. The normalized spacial score (nSPS) is 23.3. The molecule has 1 aromatic heterocycles. The topological polar surface area (TPSA) is 60.0 Å². The summed E-state index contributed by atoms with van der Waals surface area (Å²) in [6.07, 6.45) is 4.28. The summed E-state index contributed by atoms with van der Waals surface area (Å²) in [5.41, 5.74) is 7.92. The third kappa shape index (κ3) is 3.31. The first-order chi connectivity index (χ1) is 10.3. The highest BCUT2D eigenvalue weighted by Crippen LogP contribution is 2.23. The minimum absolute atomic E-state index is 0.468. The molecular weight excluding hydrogens is 262 g/mol. The predicted octanol–water partition coefficient (Wildman–Crippen LogP) is 1.83. The van der Waals surface area contributed by atoms with E-state index < -0.39 is 0 Å². The Hall–Kier alpha value is -1.72. The van der Waals surface area contributed by atoms with Crippen LogP contribution in [0.1, 0.15) is 25.5 Å². The Morgan fingerprint density at radius 1 is 1.29 bits per heavy atom. The number of piperidine rings is 1. The number of likely N-dealkylation sites (tertiary alicyclic amines) is 1. The van der Waals surface area contributed by atoms with Crippen LogP contribution in [-0.4, -0.2) is 39.0 Å². The van der Waals surface area contributed by atoms with E-state index in [2.05, 4.69) is 22.0 Å². The molecule has 1 aromatic carbocycles. The minimum atomic E-state index is 0.468. The summed E-state index contributed by atoms with van der Waals surface area (Å²) in [4.78, 5) is 4.14. The van der Waals surface area contributed by atoms with Gasteiger partial charge in [0.2, 0.25) is 0 Å². The van der Waals surface area contributed by atoms with Crippen molar-refractivity contribution in [1.29, 1.82) is 0 Å². The first kappa shape index (κ1) is 14.2. The van der Waals surface area contributed by atoms with E-state index in [1.54, 1.807) is 4.80 Å². The minimum Gasteiger partial charge on any atom is -0.329 e. The Morgan fingerprint density at radius 3 is 2.86 bits per heavy atom. The Labute approximate surface area is 125 Å². The molecule has 5 nitrogen and oxygen atoms in total. The molecule has 3 rings (SSSR count). The molecule has 2 N–H and O–H groups in total. The van der Waals surface area contributed by atoms with E-state index in [9.17, 15) is 0 Å². The molecule has 0 bridgehead atoms. The SMILES string of the molecule is CC1CCN(Cc2cnn(-c3ccccc3)n2)C(CN)C1. The van der Waals surface area contributed by atoms with E-state index >= 15 is 0 Å². The molecule has 0 amide bonds. The fourth-order valence-electron chi connectivity index (χ4n) is 3.01. The quantitative estimate of drug-likeness (QED) is 0.931.